The molecule has 1 unspecified atom stereocenters. The molecule has 26 heavy (non-hydrogen) atoms. The minimum absolute atomic E-state index is 0.114. The van der Waals surface area contributed by atoms with Gasteiger partial charge in [-0.05, 0) is 5.56 Å². The molecule has 0 aromatic heterocycles. The molecule has 5 atom stereocenters. The zero-order chi connectivity index (χ0) is 18.9. The van der Waals surface area contributed by atoms with Gasteiger partial charge in [0, 0.05) is 21.3 Å². The number of hydrogen-bond donors (Lipinski definition) is 1. The van der Waals surface area contributed by atoms with Gasteiger partial charge in [-0.3, -0.25) is 4.79 Å². The van der Waals surface area contributed by atoms with E-state index < -0.39 is 36.6 Å². The average Bonchev–Trinajstić information content (AvgIpc) is 2.65. The first-order chi connectivity index (χ1) is 12.6. The van der Waals surface area contributed by atoms with Crippen molar-refractivity contribution in [2.45, 2.75) is 37.3 Å². The van der Waals surface area contributed by atoms with Gasteiger partial charge in [-0.25, -0.2) is 0 Å². The average molecular weight is 369 g/mol. The third kappa shape index (κ3) is 5.47. The number of benzene rings is 1. The van der Waals surface area contributed by atoms with Gasteiger partial charge in [0.25, 0.3) is 0 Å². The van der Waals surface area contributed by atoms with Crippen molar-refractivity contribution < 1.29 is 33.2 Å². The van der Waals surface area contributed by atoms with E-state index in [-0.39, 0.29) is 13.2 Å². The highest BCUT2D eigenvalue weighted by atomic mass is 16.7. The summed E-state index contributed by atoms with van der Waals surface area (Å²) in [6, 6.07) is 9.74. The number of amides is 1. The monoisotopic (exact) mass is 369 g/mol. The molecule has 0 radical (unpaired) electrons. The smallest absolute Gasteiger partial charge is 0.243 e. The number of methoxy groups -OCH3 is 3. The summed E-state index contributed by atoms with van der Waals surface area (Å²) < 4.78 is 33.9. The van der Waals surface area contributed by atoms with E-state index in [1.165, 1.54) is 0 Å². The second-order valence-corrected chi connectivity index (χ2v) is 5.92. The van der Waals surface area contributed by atoms with Gasteiger partial charge in [0.15, 0.2) is 6.29 Å². The van der Waals surface area contributed by atoms with Crippen LogP contribution in [-0.2, 0) is 39.8 Å². The third-order valence-corrected chi connectivity index (χ3v) is 4.19. The SMILES string of the molecule is CO[C@H]1[C@H](OC)[C@@H](OC)C(OCc2ccccc2)O[C@@H]1COCC(N)=O. The molecule has 1 aliphatic rings. The van der Waals surface area contributed by atoms with Crippen molar-refractivity contribution in [2.75, 3.05) is 34.5 Å². The Morgan fingerprint density at radius 1 is 1.04 bits per heavy atom. The zero-order valence-electron chi connectivity index (χ0n) is 15.3. The lowest BCUT2D eigenvalue weighted by Crippen LogP contribution is -2.61. The van der Waals surface area contributed by atoms with Gasteiger partial charge in [-0.1, -0.05) is 30.3 Å². The largest absolute Gasteiger partial charge is 0.376 e. The van der Waals surface area contributed by atoms with E-state index in [4.69, 9.17) is 34.2 Å². The van der Waals surface area contributed by atoms with Gasteiger partial charge in [0.1, 0.15) is 31.0 Å². The summed E-state index contributed by atoms with van der Waals surface area (Å²) in [6.07, 6.45) is -2.55. The quantitative estimate of drug-likeness (QED) is 0.640. The number of primary amides is 1. The molecular formula is C18H27NO7. The molecule has 2 N–H and O–H groups in total. The second kappa shape index (κ2) is 10.6. The zero-order valence-corrected chi connectivity index (χ0v) is 15.3. The number of carbonyl (C=O) groups excluding carboxylic acids is 1. The maximum absolute atomic E-state index is 10.9. The summed E-state index contributed by atoms with van der Waals surface area (Å²) in [7, 11) is 4.69. The molecule has 1 aromatic rings. The normalized spacial score (nSPS) is 28.8. The van der Waals surface area contributed by atoms with E-state index in [1.807, 2.05) is 30.3 Å². The first-order valence-corrected chi connectivity index (χ1v) is 8.36. The maximum atomic E-state index is 10.9. The van der Waals surface area contributed by atoms with E-state index in [1.54, 1.807) is 21.3 Å². The number of hydrogen-bond acceptors (Lipinski definition) is 7. The highest BCUT2D eigenvalue weighted by molar-refractivity contribution is 5.74. The Morgan fingerprint density at radius 3 is 2.27 bits per heavy atom. The van der Waals surface area contributed by atoms with Crippen LogP contribution in [0.3, 0.4) is 0 Å². The Hall–Kier alpha value is -1.55. The minimum Gasteiger partial charge on any atom is -0.376 e. The first kappa shape index (κ1) is 20.8. The lowest BCUT2D eigenvalue weighted by molar-refractivity contribution is -0.316. The minimum atomic E-state index is -0.682. The van der Waals surface area contributed by atoms with Crippen LogP contribution in [0.2, 0.25) is 0 Å². The van der Waals surface area contributed by atoms with Gasteiger partial charge in [0.2, 0.25) is 5.91 Å². The van der Waals surface area contributed by atoms with Crippen LogP contribution in [0.25, 0.3) is 0 Å². The van der Waals surface area contributed by atoms with E-state index in [2.05, 4.69) is 0 Å². The summed E-state index contributed by atoms with van der Waals surface area (Å²) in [6.45, 7) is 0.272. The third-order valence-electron chi connectivity index (χ3n) is 4.19. The Morgan fingerprint density at radius 2 is 1.69 bits per heavy atom. The van der Waals surface area contributed by atoms with E-state index in [0.717, 1.165) is 5.56 Å². The molecule has 1 heterocycles. The molecule has 2 rings (SSSR count). The predicted molar refractivity (Wildman–Crippen MR) is 92.3 cm³/mol. The number of nitrogens with two attached hydrogens (primary N) is 1. The molecule has 0 aliphatic carbocycles. The highest BCUT2D eigenvalue weighted by Crippen LogP contribution is 2.28. The van der Waals surface area contributed by atoms with E-state index in [9.17, 15) is 4.79 Å². The van der Waals surface area contributed by atoms with Crippen LogP contribution < -0.4 is 5.73 Å². The van der Waals surface area contributed by atoms with Crippen LogP contribution >= 0.6 is 0 Å². The summed E-state index contributed by atoms with van der Waals surface area (Å²) in [5.74, 6) is -0.551. The van der Waals surface area contributed by atoms with Crippen LogP contribution in [0.1, 0.15) is 5.56 Å². The Labute approximate surface area is 153 Å². The number of rotatable bonds is 10. The van der Waals surface area contributed by atoms with Crippen LogP contribution in [0, 0.1) is 0 Å². The number of ether oxygens (including phenoxy) is 6. The van der Waals surface area contributed by atoms with Gasteiger partial charge in [-0.15, -0.1) is 0 Å². The topological polar surface area (TPSA) is 98.5 Å². The molecule has 0 spiro atoms. The number of carbonyl (C=O) groups is 1. The summed E-state index contributed by atoms with van der Waals surface area (Å²) in [5.41, 5.74) is 6.12. The van der Waals surface area contributed by atoms with Gasteiger partial charge < -0.3 is 34.2 Å². The maximum Gasteiger partial charge on any atom is 0.243 e. The lowest BCUT2D eigenvalue weighted by atomic mass is 9.98. The van der Waals surface area contributed by atoms with Crippen molar-refractivity contribution in [3.05, 3.63) is 35.9 Å². The molecule has 1 aromatic carbocycles. The first-order valence-electron chi connectivity index (χ1n) is 8.36. The fourth-order valence-electron chi connectivity index (χ4n) is 2.98. The lowest BCUT2D eigenvalue weighted by Gasteiger charge is -2.44. The van der Waals surface area contributed by atoms with Crippen molar-refractivity contribution in [3.8, 4) is 0 Å². The predicted octanol–water partition coefficient (Wildman–Crippen LogP) is 0.475. The molecule has 0 bridgehead atoms. The van der Waals surface area contributed by atoms with Crippen molar-refractivity contribution in [2.24, 2.45) is 5.73 Å². The molecule has 1 aliphatic heterocycles. The Kier molecular flexibility index (Phi) is 8.43. The highest BCUT2D eigenvalue weighted by Gasteiger charge is 2.47. The van der Waals surface area contributed by atoms with Crippen molar-refractivity contribution in [1.29, 1.82) is 0 Å². The summed E-state index contributed by atoms with van der Waals surface area (Å²) in [4.78, 5) is 10.9. The Bertz CT molecular complexity index is 542. The van der Waals surface area contributed by atoms with E-state index in [0.29, 0.717) is 6.61 Å². The van der Waals surface area contributed by atoms with Crippen LogP contribution in [0.5, 0.6) is 0 Å². The van der Waals surface area contributed by atoms with Crippen molar-refractivity contribution in [3.63, 3.8) is 0 Å². The fourth-order valence-corrected chi connectivity index (χ4v) is 2.98. The fraction of sp³-hybridized carbons (Fsp3) is 0.611. The summed E-state index contributed by atoms with van der Waals surface area (Å²) >= 11 is 0. The molecule has 8 nitrogen and oxygen atoms in total. The van der Waals surface area contributed by atoms with Gasteiger partial charge >= 0.3 is 0 Å². The Balaban J connectivity index is 2.07. The van der Waals surface area contributed by atoms with Crippen LogP contribution in [0.4, 0.5) is 0 Å². The molecular weight excluding hydrogens is 342 g/mol. The molecule has 1 amide bonds. The van der Waals surface area contributed by atoms with Crippen molar-refractivity contribution in [1.82, 2.24) is 0 Å². The molecule has 146 valence electrons. The standard InChI is InChI=1S/C18H27NO7/c1-21-15-13(10-24-11-14(19)20)26-18(17(23-3)16(15)22-2)25-9-12-7-5-4-6-8-12/h4-8,13,15-18H,9-11H2,1-3H3,(H2,19,20)/t13-,15-,16+,17-,18?/m1/s1. The molecule has 1 saturated heterocycles. The second-order valence-electron chi connectivity index (χ2n) is 5.92. The van der Waals surface area contributed by atoms with Gasteiger partial charge in [-0.2, -0.15) is 0 Å². The van der Waals surface area contributed by atoms with Crippen LogP contribution in [-0.4, -0.2) is 71.2 Å². The van der Waals surface area contributed by atoms with E-state index >= 15 is 0 Å². The van der Waals surface area contributed by atoms with Crippen LogP contribution in [0.15, 0.2) is 30.3 Å². The summed E-state index contributed by atoms with van der Waals surface area (Å²) in [5, 5.41) is 0. The van der Waals surface area contributed by atoms with Gasteiger partial charge in [0.05, 0.1) is 13.2 Å². The molecule has 1 fully saturated rings. The van der Waals surface area contributed by atoms with Crippen molar-refractivity contribution >= 4 is 5.91 Å². The molecule has 0 saturated carbocycles. The molecule has 8 heteroatoms.